The Morgan fingerprint density at radius 2 is 2.18 bits per heavy atom. The molecule has 0 radical (unpaired) electrons. The summed E-state index contributed by atoms with van der Waals surface area (Å²) in [6, 6.07) is 0. The number of fused-ring (bicyclic) bond motifs is 1. The van der Waals surface area contributed by atoms with Crippen molar-refractivity contribution < 1.29 is 9.53 Å². The van der Waals surface area contributed by atoms with Crippen molar-refractivity contribution >= 4 is 5.97 Å². The molecule has 0 aromatic rings. The maximum Gasteiger partial charge on any atom is 0.313 e. The number of rotatable bonds is 2. The van der Waals surface area contributed by atoms with Gasteiger partial charge in [0.2, 0.25) is 0 Å². The second-order valence-electron chi connectivity index (χ2n) is 6.77. The van der Waals surface area contributed by atoms with E-state index in [0.717, 1.165) is 37.7 Å². The lowest BCUT2D eigenvalue weighted by molar-refractivity contribution is -0.151. The number of cyclic esters (lactones) is 1. The molecule has 0 aromatic heterocycles. The molecule has 120 valence electrons. The molecule has 0 saturated carbocycles. The summed E-state index contributed by atoms with van der Waals surface area (Å²) in [4.78, 5) is 12.3. The molecule has 22 heavy (non-hydrogen) atoms. The fraction of sp³-hybridized carbons (Fsp3) is 0.550. The van der Waals surface area contributed by atoms with Gasteiger partial charge in [0.25, 0.3) is 0 Å². The SMILES string of the molecule is C=C1CCC=C(C)CCC2C(=CCC=C(C)C)COC(=O)C12. The van der Waals surface area contributed by atoms with Crippen LogP contribution < -0.4 is 0 Å². The predicted octanol–water partition coefficient (Wildman–Crippen LogP) is 5.13. The van der Waals surface area contributed by atoms with Crippen molar-refractivity contribution in [1.29, 1.82) is 0 Å². The highest BCUT2D eigenvalue weighted by molar-refractivity contribution is 5.78. The Morgan fingerprint density at radius 1 is 1.41 bits per heavy atom. The molecule has 2 aliphatic rings. The Hall–Kier alpha value is -1.57. The lowest BCUT2D eigenvalue weighted by Crippen LogP contribution is -2.35. The molecule has 2 unspecified atom stereocenters. The van der Waals surface area contributed by atoms with E-state index in [-0.39, 0.29) is 17.8 Å². The maximum atomic E-state index is 12.3. The molecule has 1 saturated heterocycles. The van der Waals surface area contributed by atoms with Gasteiger partial charge in [0.15, 0.2) is 0 Å². The van der Waals surface area contributed by atoms with Crippen LogP contribution in [0.3, 0.4) is 0 Å². The van der Waals surface area contributed by atoms with Gasteiger partial charge in [-0.05, 0) is 58.4 Å². The summed E-state index contributed by atoms with van der Waals surface area (Å²) in [7, 11) is 0. The minimum atomic E-state index is -0.147. The van der Waals surface area contributed by atoms with Crippen molar-refractivity contribution in [1.82, 2.24) is 0 Å². The van der Waals surface area contributed by atoms with Crippen LogP contribution in [0.25, 0.3) is 0 Å². The average Bonchev–Trinajstić information content (AvgIpc) is 2.52. The van der Waals surface area contributed by atoms with Crippen LogP contribution in [-0.2, 0) is 9.53 Å². The van der Waals surface area contributed by atoms with Gasteiger partial charge in [0.1, 0.15) is 6.61 Å². The first-order valence-electron chi connectivity index (χ1n) is 8.31. The number of hydrogen-bond acceptors (Lipinski definition) is 2. The van der Waals surface area contributed by atoms with Crippen LogP contribution in [0.15, 0.2) is 47.1 Å². The molecule has 1 aliphatic carbocycles. The molecule has 2 rings (SSSR count). The van der Waals surface area contributed by atoms with Crippen LogP contribution in [-0.4, -0.2) is 12.6 Å². The van der Waals surface area contributed by atoms with E-state index in [0.29, 0.717) is 6.61 Å². The van der Waals surface area contributed by atoms with Crippen molar-refractivity contribution in [2.45, 2.75) is 52.9 Å². The van der Waals surface area contributed by atoms with Crippen LogP contribution in [0.1, 0.15) is 52.9 Å². The quantitative estimate of drug-likeness (QED) is 0.521. The van der Waals surface area contributed by atoms with E-state index in [1.165, 1.54) is 16.7 Å². The third-order valence-electron chi connectivity index (χ3n) is 4.67. The van der Waals surface area contributed by atoms with Gasteiger partial charge in [-0.2, -0.15) is 0 Å². The molecule has 1 fully saturated rings. The summed E-state index contributed by atoms with van der Waals surface area (Å²) in [5.74, 6) is 0.0423. The Kier molecular flexibility index (Phi) is 5.82. The first-order valence-corrected chi connectivity index (χ1v) is 8.31. The largest absolute Gasteiger partial charge is 0.461 e. The molecule has 1 aliphatic heterocycles. The highest BCUT2D eigenvalue weighted by atomic mass is 16.5. The van der Waals surface area contributed by atoms with E-state index < -0.39 is 0 Å². The van der Waals surface area contributed by atoms with Crippen molar-refractivity contribution in [2.24, 2.45) is 11.8 Å². The van der Waals surface area contributed by atoms with E-state index in [1.54, 1.807) is 0 Å². The third-order valence-corrected chi connectivity index (χ3v) is 4.67. The van der Waals surface area contributed by atoms with Gasteiger partial charge < -0.3 is 4.74 Å². The van der Waals surface area contributed by atoms with Crippen LogP contribution >= 0.6 is 0 Å². The summed E-state index contributed by atoms with van der Waals surface area (Å²) in [6.45, 7) is 11.1. The van der Waals surface area contributed by atoms with Gasteiger partial charge in [-0.1, -0.05) is 41.5 Å². The first-order chi connectivity index (χ1) is 10.5. The Bertz CT molecular complexity index is 530. The van der Waals surface area contributed by atoms with E-state index in [2.05, 4.69) is 45.6 Å². The predicted molar refractivity (Wildman–Crippen MR) is 91.4 cm³/mol. The minimum Gasteiger partial charge on any atom is -0.461 e. The number of carbonyl (C=O) groups is 1. The minimum absolute atomic E-state index is 0.0751. The summed E-state index contributed by atoms with van der Waals surface area (Å²) < 4.78 is 5.45. The molecule has 2 heteroatoms. The second kappa shape index (κ2) is 7.62. The van der Waals surface area contributed by atoms with Gasteiger partial charge in [-0.25, -0.2) is 0 Å². The van der Waals surface area contributed by atoms with Crippen molar-refractivity contribution in [3.63, 3.8) is 0 Å². The highest BCUT2D eigenvalue weighted by Crippen LogP contribution is 2.39. The van der Waals surface area contributed by atoms with Crippen LogP contribution in [0, 0.1) is 11.8 Å². The normalized spacial score (nSPS) is 28.0. The zero-order valence-electron chi connectivity index (χ0n) is 14.2. The molecule has 0 spiro atoms. The fourth-order valence-electron chi connectivity index (χ4n) is 3.33. The molecule has 0 amide bonds. The molecule has 0 N–H and O–H groups in total. The molecule has 2 atom stereocenters. The Morgan fingerprint density at radius 3 is 2.91 bits per heavy atom. The van der Waals surface area contributed by atoms with Crippen LogP contribution in [0.4, 0.5) is 0 Å². The summed E-state index contributed by atoms with van der Waals surface area (Å²) >= 11 is 0. The number of allylic oxidation sites excluding steroid dienone is 5. The molecular weight excluding hydrogens is 272 g/mol. The lowest BCUT2D eigenvalue weighted by Gasteiger charge is -2.33. The molecule has 0 aromatic carbocycles. The maximum absolute atomic E-state index is 12.3. The highest BCUT2D eigenvalue weighted by Gasteiger charge is 2.38. The molecule has 0 bridgehead atoms. The Balaban J connectivity index is 2.26. The number of carbonyl (C=O) groups excluding carboxylic acids is 1. The third kappa shape index (κ3) is 4.22. The van der Waals surface area contributed by atoms with Gasteiger partial charge in [0, 0.05) is 5.92 Å². The van der Waals surface area contributed by atoms with E-state index in [4.69, 9.17) is 4.74 Å². The van der Waals surface area contributed by atoms with Gasteiger partial charge in [-0.3, -0.25) is 4.79 Å². The zero-order valence-corrected chi connectivity index (χ0v) is 14.2. The van der Waals surface area contributed by atoms with E-state index in [1.807, 2.05) is 0 Å². The standard InChI is InChI=1S/C20H28O2/c1-14(2)7-5-10-17-13-22-20(21)19-16(4)9-6-8-15(3)11-12-18(17)19/h7-8,10,18-19H,4-6,9,11-13H2,1-3H3. The summed E-state index contributed by atoms with van der Waals surface area (Å²) in [6.07, 6.45) is 11.6. The van der Waals surface area contributed by atoms with Gasteiger partial charge >= 0.3 is 5.97 Å². The molecule has 1 heterocycles. The zero-order chi connectivity index (χ0) is 16.1. The first kappa shape index (κ1) is 16.8. The van der Waals surface area contributed by atoms with E-state index in [9.17, 15) is 4.79 Å². The monoisotopic (exact) mass is 300 g/mol. The number of esters is 1. The Labute approximate surface area is 134 Å². The molecular formula is C20H28O2. The van der Waals surface area contributed by atoms with Gasteiger partial charge in [-0.15, -0.1) is 0 Å². The van der Waals surface area contributed by atoms with Gasteiger partial charge in [0.05, 0.1) is 5.92 Å². The van der Waals surface area contributed by atoms with Crippen LogP contribution in [0.2, 0.25) is 0 Å². The number of ether oxygens (including phenoxy) is 1. The smallest absolute Gasteiger partial charge is 0.313 e. The van der Waals surface area contributed by atoms with Crippen molar-refractivity contribution in [3.05, 3.63) is 47.1 Å². The lowest BCUT2D eigenvalue weighted by atomic mass is 9.76. The summed E-state index contributed by atoms with van der Waals surface area (Å²) in [5, 5.41) is 0. The molecule has 2 nitrogen and oxygen atoms in total. The number of hydrogen-bond donors (Lipinski definition) is 0. The van der Waals surface area contributed by atoms with Crippen molar-refractivity contribution in [2.75, 3.05) is 6.61 Å². The summed E-state index contributed by atoms with van der Waals surface area (Å²) in [5.41, 5.74) is 5.06. The average molecular weight is 300 g/mol. The topological polar surface area (TPSA) is 26.3 Å². The van der Waals surface area contributed by atoms with E-state index >= 15 is 0 Å². The second-order valence-corrected chi connectivity index (χ2v) is 6.77. The van der Waals surface area contributed by atoms with Crippen LogP contribution in [0.5, 0.6) is 0 Å². The fourth-order valence-corrected chi connectivity index (χ4v) is 3.33. The van der Waals surface area contributed by atoms with Crippen molar-refractivity contribution in [3.8, 4) is 0 Å².